The molecule has 36 heavy (non-hydrogen) atoms. The maximum atomic E-state index is 13.2. The van der Waals surface area contributed by atoms with Crippen molar-refractivity contribution in [3.05, 3.63) is 94.3 Å². The molecule has 0 aliphatic rings. The predicted octanol–water partition coefficient (Wildman–Crippen LogP) is 5.25. The number of nitrogens with one attached hydrogen (secondary N) is 3. The predicted molar refractivity (Wildman–Crippen MR) is 135 cm³/mol. The number of nitro groups is 1. The summed E-state index contributed by atoms with van der Waals surface area (Å²) in [6.45, 7) is 1.76. The van der Waals surface area contributed by atoms with E-state index in [0.29, 0.717) is 22.8 Å². The average molecular weight is 488 g/mol. The second-order valence-corrected chi connectivity index (χ2v) is 7.40. The molecule has 4 aromatic rings. The van der Waals surface area contributed by atoms with E-state index in [1.165, 1.54) is 24.3 Å². The fourth-order valence-electron chi connectivity index (χ4n) is 3.03. The third-order valence-corrected chi connectivity index (χ3v) is 4.90. The normalized spacial score (nSPS) is 11.0. The summed E-state index contributed by atoms with van der Waals surface area (Å²) in [4.78, 5) is 23.5. The van der Waals surface area contributed by atoms with Crippen molar-refractivity contribution >= 4 is 40.6 Å². The van der Waals surface area contributed by atoms with Crippen LogP contribution in [0.2, 0.25) is 0 Å². The van der Waals surface area contributed by atoms with Crippen molar-refractivity contribution in [3.8, 4) is 5.75 Å². The van der Waals surface area contributed by atoms with Crippen LogP contribution in [0.1, 0.15) is 12.5 Å². The van der Waals surface area contributed by atoms with Crippen molar-refractivity contribution in [2.24, 2.45) is 5.10 Å². The van der Waals surface area contributed by atoms with Gasteiger partial charge in [0, 0.05) is 23.5 Å². The number of nitrogens with zero attached hydrogens (tertiary/aromatic N) is 5. The molecular weight excluding hydrogens is 467 g/mol. The molecule has 0 saturated carbocycles. The zero-order chi connectivity index (χ0) is 25.5. The second-order valence-electron chi connectivity index (χ2n) is 7.40. The molecule has 0 amide bonds. The molecule has 0 aliphatic carbocycles. The van der Waals surface area contributed by atoms with Crippen LogP contribution < -0.4 is 20.8 Å². The largest absolute Gasteiger partial charge is 0.497 e. The summed E-state index contributed by atoms with van der Waals surface area (Å²) in [6.07, 6.45) is 0. The van der Waals surface area contributed by atoms with Gasteiger partial charge in [0.25, 0.3) is 5.69 Å². The van der Waals surface area contributed by atoms with Gasteiger partial charge in [0.2, 0.25) is 17.8 Å². The van der Waals surface area contributed by atoms with Crippen LogP contribution in [-0.2, 0) is 0 Å². The average Bonchev–Trinajstić information content (AvgIpc) is 2.88. The van der Waals surface area contributed by atoms with Gasteiger partial charge in [-0.25, -0.2) is 9.82 Å². The van der Waals surface area contributed by atoms with Crippen molar-refractivity contribution < 1.29 is 14.1 Å². The lowest BCUT2D eigenvalue weighted by molar-refractivity contribution is -0.384. The smallest absolute Gasteiger partial charge is 0.269 e. The second kappa shape index (κ2) is 10.9. The Morgan fingerprint density at radius 1 is 0.861 bits per heavy atom. The van der Waals surface area contributed by atoms with Crippen LogP contribution in [0.5, 0.6) is 5.75 Å². The maximum absolute atomic E-state index is 13.2. The Morgan fingerprint density at radius 2 is 1.39 bits per heavy atom. The van der Waals surface area contributed by atoms with Crippen LogP contribution >= 0.6 is 0 Å². The molecule has 12 heteroatoms. The van der Waals surface area contributed by atoms with E-state index in [1.807, 2.05) is 0 Å². The number of hydrogen-bond acceptors (Lipinski definition) is 10. The first-order chi connectivity index (χ1) is 17.4. The van der Waals surface area contributed by atoms with Gasteiger partial charge in [-0.1, -0.05) is 12.1 Å². The van der Waals surface area contributed by atoms with Crippen molar-refractivity contribution in [2.45, 2.75) is 6.92 Å². The van der Waals surface area contributed by atoms with E-state index in [2.05, 4.69) is 36.1 Å². The van der Waals surface area contributed by atoms with Gasteiger partial charge in [-0.15, -0.1) is 0 Å². The quantitative estimate of drug-likeness (QED) is 0.164. The summed E-state index contributed by atoms with van der Waals surface area (Å²) in [5.74, 6) is 0.883. The fourth-order valence-corrected chi connectivity index (χ4v) is 3.03. The fraction of sp³-hybridized carbons (Fsp3) is 0.0833. The third-order valence-electron chi connectivity index (χ3n) is 4.90. The van der Waals surface area contributed by atoms with Crippen molar-refractivity contribution in [1.29, 1.82) is 0 Å². The minimum atomic E-state index is -0.479. The Kier molecular flexibility index (Phi) is 7.25. The first-order valence-corrected chi connectivity index (χ1v) is 10.6. The van der Waals surface area contributed by atoms with E-state index in [0.717, 1.165) is 5.56 Å². The van der Waals surface area contributed by atoms with Gasteiger partial charge in [-0.05, 0) is 61.0 Å². The zero-order valence-corrected chi connectivity index (χ0v) is 19.3. The minimum Gasteiger partial charge on any atom is -0.497 e. The number of hydrogen-bond donors (Lipinski definition) is 3. The van der Waals surface area contributed by atoms with Gasteiger partial charge in [-0.2, -0.15) is 20.1 Å². The Hall–Kier alpha value is -5.13. The number of benzene rings is 3. The molecule has 0 saturated heterocycles. The summed E-state index contributed by atoms with van der Waals surface area (Å²) in [6, 6.07) is 18.9. The highest BCUT2D eigenvalue weighted by molar-refractivity contribution is 5.98. The number of anilines is 5. The Labute approximate surface area is 205 Å². The number of hydrazone groups is 1. The number of non-ortho nitro benzene ring substituents is 1. The van der Waals surface area contributed by atoms with E-state index in [-0.39, 0.29) is 29.3 Å². The maximum Gasteiger partial charge on any atom is 0.269 e. The van der Waals surface area contributed by atoms with E-state index in [4.69, 9.17) is 4.74 Å². The van der Waals surface area contributed by atoms with Gasteiger partial charge < -0.3 is 15.4 Å². The number of halogens is 1. The summed E-state index contributed by atoms with van der Waals surface area (Å²) >= 11 is 0. The van der Waals surface area contributed by atoms with Crippen LogP contribution in [-0.4, -0.2) is 32.7 Å². The number of ether oxygens (including phenoxy) is 1. The van der Waals surface area contributed by atoms with Crippen molar-refractivity contribution in [1.82, 2.24) is 15.0 Å². The summed E-state index contributed by atoms with van der Waals surface area (Å²) in [5.41, 5.74) is 5.32. The molecule has 1 heterocycles. The Balaban J connectivity index is 1.60. The lowest BCUT2D eigenvalue weighted by Gasteiger charge is -2.11. The summed E-state index contributed by atoms with van der Waals surface area (Å²) < 4.78 is 18.4. The molecule has 1 aromatic heterocycles. The highest BCUT2D eigenvalue weighted by Gasteiger charge is 2.10. The lowest BCUT2D eigenvalue weighted by Crippen LogP contribution is -2.08. The lowest BCUT2D eigenvalue weighted by atomic mass is 10.1. The highest BCUT2D eigenvalue weighted by atomic mass is 19.1. The van der Waals surface area contributed by atoms with Crippen LogP contribution in [0, 0.1) is 15.9 Å². The molecule has 0 aliphatic heterocycles. The topological polar surface area (TPSA) is 139 Å². The molecule has 0 unspecified atom stereocenters. The van der Waals surface area contributed by atoms with Crippen molar-refractivity contribution in [3.63, 3.8) is 0 Å². The molecule has 0 bridgehead atoms. The summed E-state index contributed by atoms with van der Waals surface area (Å²) in [5, 5.41) is 21.3. The molecule has 0 radical (unpaired) electrons. The standard InChI is InChI=1S/C24H21FN8O3/c1-15(16-3-5-17(25)6-4-16)31-32-24-29-22(26-18-7-11-20(12-8-18)33(34)35)28-23(30-24)27-19-9-13-21(36-2)14-10-19/h3-14H,1-2H3,(H3,26,27,28,29,30,32)/b31-15+. The molecule has 3 aromatic carbocycles. The van der Waals surface area contributed by atoms with Crippen LogP contribution in [0.25, 0.3) is 0 Å². The minimum absolute atomic E-state index is 0.0361. The van der Waals surface area contributed by atoms with Gasteiger partial charge in [0.05, 0.1) is 17.7 Å². The van der Waals surface area contributed by atoms with E-state index >= 15 is 0 Å². The molecule has 3 N–H and O–H groups in total. The number of rotatable bonds is 9. The van der Waals surface area contributed by atoms with Crippen molar-refractivity contribution in [2.75, 3.05) is 23.2 Å². The van der Waals surface area contributed by atoms with E-state index < -0.39 is 4.92 Å². The van der Waals surface area contributed by atoms with Crippen LogP contribution in [0.3, 0.4) is 0 Å². The van der Waals surface area contributed by atoms with Gasteiger partial charge in [-0.3, -0.25) is 10.1 Å². The number of methoxy groups -OCH3 is 1. The van der Waals surface area contributed by atoms with Crippen LogP contribution in [0.4, 0.5) is 39.3 Å². The van der Waals surface area contributed by atoms with E-state index in [1.54, 1.807) is 62.6 Å². The molecule has 182 valence electrons. The molecule has 4 rings (SSSR count). The number of nitro benzene ring substituents is 1. The number of aromatic nitrogens is 3. The Bertz CT molecular complexity index is 1380. The molecule has 11 nitrogen and oxygen atoms in total. The van der Waals surface area contributed by atoms with Gasteiger partial charge in [0.1, 0.15) is 11.6 Å². The summed E-state index contributed by atoms with van der Waals surface area (Å²) in [7, 11) is 1.58. The highest BCUT2D eigenvalue weighted by Crippen LogP contribution is 2.22. The van der Waals surface area contributed by atoms with Crippen LogP contribution in [0.15, 0.2) is 77.9 Å². The molecule has 0 fully saturated rings. The van der Waals surface area contributed by atoms with E-state index in [9.17, 15) is 14.5 Å². The molecule has 0 spiro atoms. The Morgan fingerprint density at radius 3 is 1.92 bits per heavy atom. The first kappa shape index (κ1) is 24.0. The SMILES string of the molecule is COc1ccc(Nc2nc(N/N=C(\C)c3ccc(F)cc3)nc(Nc3ccc([N+](=O)[O-])cc3)n2)cc1. The van der Waals surface area contributed by atoms with Gasteiger partial charge in [0.15, 0.2) is 0 Å². The molecular formula is C24H21FN8O3. The van der Waals surface area contributed by atoms with Gasteiger partial charge >= 0.3 is 0 Å². The first-order valence-electron chi connectivity index (χ1n) is 10.6. The third kappa shape index (κ3) is 6.26. The monoisotopic (exact) mass is 488 g/mol. The zero-order valence-electron chi connectivity index (χ0n) is 19.3. The molecule has 0 atom stereocenters.